The summed E-state index contributed by atoms with van der Waals surface area (Å²) in [6.45, 7) is 9.81. The Labute approximate surface area is 205 Å². The lowest BCUT2D eigenvalue weighted by molar-refractivity contribution is -0.133. The van der Waals surface area contributed by atoms with E-state index in [1.165, 1.54) is 50.2 Å². The zero-order chi connectivity index (χ0) is 26.4. The first-order valence-electron chi connectivity index (χ1n) is 10.5. The SMILES string of the molecule is C=C(C)C(=O)O/C=C\Oc1ccc(-c2ccc(-c3ccc(OC(=O)C(=C)C)cc3F)cc2F)cc1F. The van der Waals surface area contributed by atoms with Gasteiger partial charge in [0, 0.05) is 28.3 Å². The molecule has 0 saturated heterocycles. The predicted octanol–water partition coefficient (Wildman–Crippen LogP) is 6.89. The van der Waals surface area contributed by atoms with Crippen molar-refractivity contribution >= 4 is 11.9 Å². The standard InChI is InChI=1S/C28H21F3O5/c1-16(2)27(32)35-12-11-34-26-10-6-19(14-25(26)31)21-8-5-18(13-23(21)29)22-9-7-20(15-24(22)30)36-28(33)17(3)4/h5-15H,1,3H2,2,4H3/b12-11-. The molecule has 0 aliphatic carbocycles. The molecule has 0 bridgehead atoms. The third-order valence-corrected chi connectivity index (χ3v) is 4.80. The topological polar surface area (TPSA) is 61.8 Å². The molecule has 0 radical (unpaired) electrons. The van der Waals surface area contributed by atoms with Crippen molar-refractivity contribution in [1.82, 2.24) is 0 Å². The number of hydrogen-bond donors (Lipinski definition) is 0. The smallest absolute Gasteiger partial charge is 0.338 e. The molecule has 3 rings (SSSR count). The Morgan fingerprint density at radius 2 is 1.28 bits per heavy atom. The number of ether oxygens (including phenoxy) is 3. The summed E-state index contributed by atoms with van der Waals surface area (Å²) in [5.74, 6) is -3.74. The first kappa shape index (κ1) is 26.0. The van der Waals surface area contributed by atoms with E-state index in [0.29, 0.717) is 0 Å². The zero-order valence-corrected chi connectivity index (χ0v) is 19.4. The molecule has 3 aromatic rings. The molecule has 0 fully saturated rings. The number of carbonyl (C=O) groups is 2. The highest BCUT2D eigenvalue weighted by Crippen LogP contribution is 2.32. The summed E-state index contributed by atoms with van der Waals surface area (Å²) in [5, 5.41) is 0. The molecule has 8 heteroatoms. The molecule has 0 saturated carbocycles. The van der Waals surface area contributed by atoms with Crippen molar-refractivity contribution in [1.29, 1.82) is 0 Å². The van der Waals surface area contributed by atoms with Gasteiger partial charge in [-0.05, 0) is 55.3 Å². The summed E-state index contributed by atoms with van der Waals surface area (Å²) in [5.41, 5.74) is 0.985. The molecule has 36 heavy (non-hydrogen) atoms. The average molecular weight is 494 g/mol. The molecule has 0 aliphatic heterocycles. The van der Waals surface area contributed by atoms with E-state index in [1.807, 2.05) is 0 Å². The van der Waals surface area contributed by atoms with Gasteiger partial charge in [0.05, 0.1) is 0 Å². The van der Waals surface area contributed by atoms with Crippen LogP contribution in [0.4, 0.5) is 13.2 Å². The van der Waals surface area contributed by atoms with E-state index >= 15 is 0 Å². The van der Waals surface area contributed by atoms with Gasteiger partial charge in [-0.2, -0.15) is 0 Å². The lowest BCUT2D eigenvalue weighted by atomic mass is 9.99. The highest BCUT2D eigenvalue weighted by atomic mass is 19.1. The minimum atomic E-state index is -0.780. The summed E-state index contributed by atoms with van der Waals surface area (Å²) < 4.78 is 58.7. The Balaban J connectivity index is 1.77. The van der Waals surface area contributed by atoms with Crippen LogP contribution in [0.5, 0.6) is 11.5 Å². The van der Waals surface area contributed by atoms with Crippen LogP contribution in [0, 0.1) is 17.5 Å². The Bertz CT molecular complexity index is 1390. The van der Waals surface area contributed by atoms with Crippen molar-refractivity contribution in [2.45, 2.75) is 13.8 Å². The predicted molar refractivity (Wildman–Crippen MR) is 128 cm³/mol. The van der Waals surface area contributed by atoms with Gasteiger partial charge in [0.2, 0.25) is 0 Å². The van der Waals surface area contributed by atoms with Gasteiger partial charge in [-0.25, -0.2) is 22.8 Å². The summed E-state index contributed by atoms with van der Waals surface area (Å²) in [4.78, 5) is 22.9. The van der Waals surface area contributed by atoms with E-state index < -0.39 is 29.4 Å². The third-order valence-electron chi connectivity index (χ3n) is 4.80. The molecule has 0 unspecified atom stereocenters. The van der Waals surface area contributed by atoms with Gasteiger partial charge in [0.25, 0.3) is 0 Å². The maximum atomic E-state index is 14.9. The first-order valence-corrected chi connectivity index (χ1v) is 10.5. The van der Waals surface area contributed by atoms with Gasteiger partial charge < -0.3 is 14.2 Å². The largest absolute Gasteiger partial charge is 0.459 e. The molecular formula is C28H21F3O5. The summed E-state index contributed by atoms with van der Waals surface area (Å²) in [6, 6.07) is 11.6. The van der Waals surface area contributed by atoms with Gasteiger partial charge in [-0.3, -0.25) is 0 Å². The monoisotopic (exact) mass is 494 g/mol. The minimum absolute atomic E-state index is 0.0112. The van der Waals surface area contributed by atoms with E-state index in [0.717, 1.165) is 30.7 Å². The average Bonchev–Trinajstić information content (AvgIpc) is 2.82. The summed E-state index contributed by atoms with van der Waals surface area (Å²) in [6.07, 6.45) is 1.92. The lowest BCUT2D eigenvalue weighted by Gasteiger charge is -2.10. The highest BCUT2D eigenvalue weighted by molar-refractivity contribution is 5.89. The van der Waals surface area contributed by atoms with Crippen LogP contribution in [0.3, 0.4) is 0 Å². The van der Waals surface area contributed by atoms with Crippen LogP contribution >= 0.6 is 0 Å². The molecule has 3 aromatic carbocycles. The summed E-state index contributed by atoms with van der Waals surface area (Å²) in [7, 11) is 0. The lowest BCUT2D eigenvalue weighted by Crippen LogP contribution is -2.08. The van der Waals surface area contributed by atoms with Crippen LogP contribution in [0.15, 0.2) is 91.4 Å². The van der Waals surface area contributed by atoms with E-state index in [1.54, 1.807) is 0 Å². The maximum Gasteiger partial charge on any atom is 0.338 e. The van der Waals surface area contributed by atoms with Crippen molar-refractivity contribution in [3.8, 4) is 33.8 Å². The van der Waals surface area contributed by atoms with Gasteiger partial charge in [0.15, 0.2) is 11.6 Å². The van der Waals surface area contributed by atoms with Crippen molar-refractivity contribution in [2.75, 3.05) is 0 Å². The van der Waals surface area contributed by atoms with E-state index in [9.17, 15) is 22.8 Å². The van der Waals surface area contributed by atoms with Crippen LogP contribution < -0.4 is 9.47 Å². The summed E-state index contributed by atoms with van der Waals surface area (Å²) >= 11 is 0. The fourth-order valence-electron chi connectivity index (χ4n) is 2.96. The zero-order valence-electron chi connectivity index (χ0n) is 19.4. The maximum absolute atomic E-state index is 14.9. The Kier molecular flexibility index (Phi) is 8.11. The van der Waals surface area contributed by atoms with E-state index in [4.69, 9.17) is 14.2 Å². The van der Waals surface area contributed by atoms with Gasteiger partial charge in [-0.15, -0.1) is 0 Å². The van der Waals surface area contributed by atoms with Crippen molar-refractivity contribution in [3.63, 3.8) is 0 Å². The molecule has 0 N–H and O–H groups in total. The minimum Gasteiger partial charge on any atom is -0.459 e. The van der Waals surface area contributed by atoms with Crippen LogP contribution in [-0.4, -0.2) is 11.9 Å². The number of halogens is 3. The molecule has 0 aromatic heterocycles. The number of benzene rings is 3. The molecule has 5 nitrogen and oxygen atoms in total. The van der Waals surface area contributed by atoms with Gasteiger partial charge in [-0.1, -0.05) is 31.4 Å². The first-order chi connectivity index (χ1) is 17.1. The Morgan fingerprint density at radius 1 is 0.722 bits per heavy atom. The fraction of sp³-hybridized carbons (Fsp3) is 0.0714. The van der Waals surface area contributed by atoms with Crippen molar-refractivity contribution < 1.29 is 37.0 Å². The second-order valence-corrected chi connectivity index (χ2v) is 7.73. The quantitative estimate of drug-likeness (QED) is 0.148. The molecule has 0 atom stereocenters. The Hall–Kier alpha value is -4.59. The third kappa shape index (κ3) is 6.29. The van der Waals surface area contributed by atoms with E-state index in [2.05, 4.69) is 13.2 Å². The van der Waals surface area contributed by atoms with Crippen LogP contribution in [-0.2, 0) is 14.3 Å². The highest BCUT2D eigenvalue weighted by Gasteiger charge is 2.14. The molecule has 0 spiro atoms. The molecular weight excluding hydrogens is 473 g/mol. The Morgan fingerprint density at radius 3 is 1.83 bits per heavy atom. The molecule has 0 aliphatic rings. The van der Waals surface area contributed by atoms with Gasteiger partial charge >= 0.3 is 11.9 Å². The number of carbonyl (C=O) groups excluding carboxylic acids is 2. The van der Waals surface area contributed by atoms with Gasteiger partial charge in [0.1, 0.15) is 29.9 Å². The molecule has 184 valence electrons. The second kappa shape index (κ2) is 11.2. The fourth-order valence-corrected chi connectivity index (χ4v) is 2.96. The van der Waals surface area contributed by atoms with Crippen LogP contribution in [0.1, 0.15) is 13.8 Å². The normalized spacial score (nSPS) is 10.7. The molecule has 0 heterocycles. The number of rotatable bonds is 8. The molecule has 0 amide bonds. The van der Waals surface area contributed by atoms with Crippen molar-refractivity contribution in [3.05, 3.63) is 109 Å². The number of hydrogen-bond acceptors (Lipinski definition) is 5. The van der Waals surface area contributed by atoms with Crippen LogP contribution in [0.25, 0.3) is 22.3 Å². The number of esters is 2. The van der Waals surface area contributed by atoms with E-state index in [-0.39, 0.29) is 44.9 Å². The second-order valence-electron chi connectivity index (χ2n) is 7.73. The van der Waals surface area contributed by atoms with Crippen molar-refractivity contribution in [2.24, 2.45) is 0 Å². The van der Waals surface area contributed by atoms with Crippen LogP contribution in [0.2, 0.25) is 0 Å².